The minimum atomic E-state index is -2.94. The van der Waals surface area contributed by atoms with Crippen molar-refractivity contribution in [2.75, 3.05) is 0 Å². The van der Waals surface area contributed by atoms with E-state index in [2.05, 4.69) is 4.74 Å². The van der Waals surface area contributed by atoms with Gasteiger partial charge >= 0.3 is 6.61 Å². The normalized spacial score (nSPS) is 9.54. The summed E-state index contributed by atoms with van der Waals surface area (Å²) in [5.41, 5.74) is 0. The van der Waals surface area contributed by atoms with Crippen molar-refractivity contribution in [3.05, 3.63) is 16.3 Å². The summed E-state index contributed by atoms with van der Waals surface area (Å²) < 4.78 is 27.4. The molecule has 0 aliphatic carbocycles. The van der Waals surface area contributed by atoms with Gasteiger partial charge in [-0.1, -0.05) is 7.43 Å². The summed E-state index contributed by atoms with van der Waals surface area (Å²) in [6, 6.07) is 1.27. The summed E-state index contributed by atoms with van der Waals surface area (Å²) in [5, 5.41) is 0.661. The zero-order valence-electron chi connectivity index (χ0n) is 5.59. The van der Waals surface area contributed by atoms with Gasteiger partial charge < -0.3 is 4.74 Å². The molecule has 0 unspecified atom stereocenters. The Labute approximate surface area is 83.1 Å². The quantitative estimate of drug-likeness (QED) is 0.742. The van der Waals surface area contributed by atoms with Gasteiger partial charge in [0, 0.05) is 0 Å². The second-order valence-electron chi connectivity index (χ2n) is 1.77. The Bertz CT molecular complexity index is 288. The molecular weight excluding hydrogens is 222 g/mol. The smallest absolute Gasteiger partial charge is 0.387 e. The molecule has 0 spiro atoms. The third kappa shape index (κ3) is 3.28. The molecule has 2 nitrogen and oxygen atoms in total. The molecule has 6 heteroatoms. The van der Waals surface area contributed by atoms with Gasteiger partial charge in [-0.25, -0.2) is 0 Å². The van der Waals surface area contributed by atoms with Crippen LogP contribution >= 0.6 is 22.9 Å². The molecule has 1 heterocycles. The number of hydrogen-bond donors (Lipinski definition) is 0. The van der Waals surface area contributed by atoms with E-state index in [-0.39, 0.29) is 18.1 Å². The molecule has 0 aliphatic rings. The maximum Gasteiger partial charge on any atom is 0.387 e. The van der Waals surface area contributed by atoms with Crippen molar-refractivity contribution in [1.29, 1.82) is 0 Å². The average Bonchev–Trinajstić information content (AvgIpc) is 2.33. The fourth-order valence-corrected chi connectivity index (χ4v) is 1.51. The van der Waals surface area contributed by atoms with Crippen LogP contribution in [0, 0.1) is 0 Å². The van der Waals surface area contributed by atoms with Crippen molar-refractivity contribution in [2.45, 2.75) is 14.0 Å². The lowest BCUT2D eigenvalue weighted by molar-refractivity contribution is -0.0497. The minimum Gasteiger partial charge on any atom is -0.433 e. The van der Waals surface area contributed by atoms with Crippen LogP contribution in [-0.2, 0) is 0 Å². The minimum absolute atomic E-state index is 0. The molecule has 0 aliphatic heterocycles. The van der Waals surface area contributed by atoms with E-state index in [9.17, 15) is 13.6 Å². The molecule has 0 N–H and O–H groups in total. The lowest BCUT2D eigenvalue weighted by Gasteiger charge is -2.01. The highest BCUT2D eigenvalue weighted by atomic mass is 35.5. The Kier molecular flexibility index (Phi) is 4.87. The van der Waals surface area contributed by atoms with Crippen LogP contribution in [0.25, 0.3) is 0 Å². The molecule has 0 saturated carbocycles. The number of alkyl halides is 2. The van der Waals surface area contributed by atoms with Gasteiger partial charge in [-0.3, -0.25) is 4.79 Å². The van der Waals surface area contributed by atoms with Crippen LogP contribution in [0.4, 0.5) is 8.78 Å². The second kappa shape index (κ2) is 5.14. The van der Waals surface area contributed by atoms with Crippen molar-refractivity contribution in [3.63, 3.8) is 0 Å². The van der Waals surface area contributed by atoms with E-state index in [1.165, 1.54) is 11.4 Å². The van der Waals surface area contributed by atoms with Crippen LogP contribution < -0.4 is 4.74 Å². The summed E-state index contributed by atoms with van der Waals surface area (Å²) in [4.78, 5) is 10.6. The summed E-state index contributed by atoms with van der Waals surface area (Å²) >= 11 is 6.04. The fraction of sp³-hybridized carbons (Fsp3) is 0.286. The van der Waals surface area contributed by atoms with Crippen LogP contribution in [0.1, 0.15) is 17.1 Å². The van der Waals surface area contributed by atoms with Crippen molar-refractivity contribution in [1.82, 2.24) is 0 Å². The molecule has 0 radical (unpaired) electrons. The Morgan fingerprint density at radius 1 is 1.62 bits per heavy atom. The standard InChI is InChI=1S/C6H3ClF2O2S.CH4/c7-5(10)4-3(1-2-12-4)11-6(8)9;/h1-2,6H;1H4. The van der Waals surface area contributed by atoms with E-state index in [1.54, 1.807) is 0 Å². The van der Waals surface area contributed by atoms with Gasteiger partial charge in [0.15, 0.2) is 0 Å². The van der Waals surface area contributed by atoms with Crippen LogP contribution in [0.2, 0.25) is 0 Å². The van der Waals surface area contributed by atoms with Gasteiger partial charge in [0.05, 0.1) is 0 Å². The van der Waals surface area contributed by atoms with Crippen molar-refractivity contribution < 1.29 is 18.3 Å². The maximum absolute atomic E-state index is 11.7. The SMILES string of the molecule is C.O=C(Cl)c1sccc1OC(F)F. The predicted octanol–water partition coefficient (Wildman–Crippen LogP) is 3.36. The third-order valence-corrected chi connectivity index (χ3v) is 2.22. The highest BCUT2D eigenvalue weighted by molar-refractivity contribution is 7.14. The van der Waals surface area contributed by atoms with Gasteiger partial charge in [-0.15, -0.1) is 11.3 Å². The summed E-state index contributed by atoms with van der Waals surface area (Å²) in [7, 11) is 0. The second-order valence-corrected chi connectivity index (χ2v) is 3.03. The lowest BCUT2D eigenvalue weighted by Crippen LogP contribution is -2.03. The molecule has 0 aromatic carbocycles. The van der Waals surface area contributed by atoms with Gasteiger partial charge in [0.2, 0.25) is 0 Å². The van der Waals surface area contributed by atoms with Crippen LogP contribution in [0.5, 0.6) is 5.75 Å². The number of hydrogen-bond acceptors (Lipinski definition) is 3. The fourth-order valence-electron chi connectivity index (χ4n) is 0.630. The zero-order valence-corrected chi connectivity index (χ0v) is 7.16. The Balaban J connectivity index is 0.00000144. The van der Waals surface area contributed by atoms with E-state index >= 15 is 0 Å². The number of carbonyl (C=O) groups excluding carboxylic acids is 1. The Hall–Kier alpha value is -0.680. The molecule has 0 amide bonds. The molecule has 0 saturated heterocycles. The summed E-state index contributed by atoms with van der Waals surface area (Å²) in [5.74, 6) is -0.171. The van der Waals surface area contributed by atoms with Gasteiger partial charge in [0.25, 0.3) is 5.24 Å². The van der Waals surface area contributed by atoms with E-state index in [1.807, 2.05) is 0 Å². The van der Waals surface area contributed by atoms with Crippen LogP contribution in [0.3, 0.4) is 0 Å². The molecule has 1 aromatic rings. The average molecular weight is 229 g/mol. The van der Waals surface area contributed by atoms with Crippen LogP contribution in [0.15, 0.2) is 11.4 Å². The molecule has 74 valence electrons. The predicted molar refractivity (Wildman–Crippen MR) is 47.9 cm³/mol. The van der Waals surface area contributed by atoms with Crippen LogP contribution in [-0.4, -0.2) is 11.9 Å². The van der Waals surface area contributed by atoms with Crippen molar-refractivity contribution >= 4 is 28.2 Å². The third-order valence-electron chi connectivity index (χ3n) is 1.02. The number of carbonyl (C=O) groups is 1. The molecule has 0 atom stereocenters. The number of thiophene rings is 1. The number of ether oxygens (including phenoxy) is 1. The summed E-state index contributed by atoms with van der Waals surface area (Å²) in [6.07, 6.45) is 0. The molecule has 0 bridgehead atoms. The first kappa shape index (κ1) is 12.3. The van der Waals surface area contributed by atoms with E-state index < -0.39 is 11.9 Å². The number of halogens is 3. The Morgan fingerprint density at radius 2 is 2.23 bits per heavy atom. The lowest BCUT2D eigenvalue weighted by atomic mass is 10.4. The molecule has 1 aromatic heterocycles. The first-order valence-electron chi connectivity index (χ1n) is 2.83. The maximum atomic E-state index is 11.7. The highest BCUT2D eigenvalue weighted by Gasteiger charge is 2.15. The molecule has 1 rings (SSSR count). The summed E-state index contributed by atoms with van der Waals surface area (Å²) in [6.45, 7) is -2.94. The van der Waals surface area contributed by atoms with Crippen molar-refractivity contribution in [2.24, 2.45) is 0 Å². The first-order valence-corrected chi connectivity index (χ1v) is 4.09. The van der Waals surface area contributed by atoms with Gasteiger partial charge in [-0.2, -0.15) is 8.78 Å². The first-order chi connectivity index (χ1) is 5.61. The monoisotopic (exact) mass is 228 g/mol. The number of rotatable bonds is 3. The van der Waals surface area contributed by atoms with E-state index in [0.29, 0.717) is 0 Å². The highest BCUT2D eigenvalue weighted by Crippen LogP contribution is 2.27. The van der Waals surface area contributed by atoms with Gasteiger partial charge in [-0.05, 0) is 23.0 Å². The van der Waals surface area contributed by atoms with E-state index in [0.717, 1.165) is 11.3 Å². The van der Waals surface area contributed by atoms with E-state index in [4.69, 9.17) is 11.6 Å². The van der Waals surface area contributed by atoms with Crippen molar-refractivity contribution in [3.8, 4) is 5.75 Å². The zero-order chi connectivity index (χ0) is 9.14. The molecular formula is C7H7ClF2O2S. The van der Waals surface area contributed by atoms with Gasteiger partial charge in [0.1, 0.15) is 10.6 Å². The Morgan fingerprint density at radius 3 is 2.69 bits per heavy atom. The largest absolute Gasteiger partial charge is 0.433 e. The molecule has 0 fully saturated rings. The topological polar surface area (TPSA) is 26.3 Å². The molecule has 13 heavy (non-hydrogen) atoms.